The van der Waals surface area contributed by atoms with Crippen molar-refractivity contribution in [3.05, 3.63) is 84.4 Å². The fourth-order valence-electron chi connectivity index (χ4n) is 3.08. The van der Waals surface area contributed by atoms with Gasteiger partial charge in [-0.1, -0.05) is 43.0 Å². The van der Waals surface area contributed by atoms with E-state index in [1.165, 1.54) is 7.11 Å². The quantitative estimate of drug-likeness (QED) is 0.525. The highest BCUT2D eigenvalue weighted by Gasteiger charge is 2.60. The Hall–Kier alpha value is -3.03. The average molecular weight is 400 g/mol. The summed E-state index contributed by atoms with van der Waals surface area (Å²) in [7, 11) is 1.30. The molecule has 0 radical (unpaired) electrons. The van der Waals surface area contributed by atoms with Gasteiger partial charge in [0.05, 0.1) is 11.1 Å². The maximum absolute atomic E-state index is 15.3. The number of carbonyl (C=O) groups excluding carboxylic acids is 2. The van der Waals surface area contributed by atoms with Gasteiger partial charge in [-0.2, -0.15) is 0 Å². The van der Waals surface area contributed by atoms with E-state index in [2.05, 4.69) is 6.58 Å². The molecule has 6 nitrogen and oxygen atoms in total. The first-order valence-electron chi connectivity index (χ1n) is 8.98. The zero-order valence-corrected chi connectivity index (χ0v) is 15.8. The monoisotopic (exact) mass is 400 g/mol. The summed E-state index contributed by atoms with van der Waals surface area (Å²) in [6.45, 7) is 3.22. The van der Waals surface area contributed by atoms with E-state index in [1.807, 2.05) is 0 Å². The molecule has 0 amide bonds. The lowest BCUT2D eigenvalue weighted by Gasteiger charge is -2.31. The van der Waals surface area contributed by atoms with Gasteiger partial charge in [0, 0.05) is 7.11 Å². The molecule has 152 valence electrons. The summed E-state index contributed by atoms with van der Waals surface area (Å²) >= 11 is 0. The number of hydrogen-bond donors (Lipinski definition) is 0. The Bertz CT molecular complexity index is 856. The third-order valence-electron chi connectivity index (χ3n) is 4.62. The first-order chi connectivity index (χ1) is 14.0. The smallest absolute Gasteiger partial charge is 0.339 e. The van der Waals surface area contributed by atoms with Crippen LogP contribution in [-0.4, -0.2) is 49.8 Å². The first-order valence-corrected chi connectivity index (χ1v) is 8.98. The van der Waals surface area contributed by atoms with Crippen LogP contribution in [0.25, 0.3) is 0 Å². The molecular weight excluding hydrogens is 379 g/mol. The average Bonchev–Trinajstić information content (AvgIpc) is 3.04. The summed E-state index contributed by atoms with van der Waals surface area (Å²) in [6, 6.07) is 16.5. The van der Waals surface area contributed by atoms with Crippen LogP contribution in [0.1, 0.15) is 20.7 Å². The normalized spacial score (nSPS) is 25.9. The maximum Gasteiger partial charge on any atom is 0.339 e. The number of rotatable bonds is 7. The minimum absolute atomic E-state index is 0.245. The number of alkyl halides is 1. The van der Waals surface area contributed by atoms with Gasteiger partial charge in [-0.15, -0.1) is 0 Å². The molecule has 2 aromatic carbocycles. The molecule has 4 unspecified atom stereocenters. The fourth-order valence-corrected chi connectivity index (χ4v) is 3.08. The van der Waals surface area contributed by atoms with Crippen LogP contribution in [0.4, 0.5) is 4.39 Å². The Morgan fingerprint density at radius 1 is 1.07 bits per heavy atom. The molecule has 3 rings (SSSR count). The van der Waals surface area contributed by atoms with Gasteiger partial charge in [-0.05, 0) is 30.3 Å². The SMILES string of the molecule is C=CC1(OC(=O)c2ccccc2)C(OC)OC(COC(=O)c2ccccc2)C1F. The van der Waals surface area contributed by atoms with Gasteiger partial charge in [-0.3, -0.25) is 0 Å². The summed E-state index contributed by atoms with van der Waals surface area (Å²) in [4.78, 5) is 24.6. The van der Waals surface area contributed by atoms with E-state index < -0.39 is 36.1 Å². The van der Waals surface area contributed by atoms with E-state index in [-0.39, 0.29) is 12.2 Å². The van der Waals surface area contributed by atoms with E-state index in [9.17, 15) is 9.59 Å². The number of hydrogen-bond acceptors (Lipinski definition) is 6. The molecule has 1 aliphatic heterocycles. The summed E-state index contributed by atoms with van der Waals surface area (Å²) in [5.74, 6) is -1.37. The van der Waals surface area contributed by atoms with Crippen molar-refractivity contribution in [3.63, 3.8) is 0 Å². The number of ether oxygens (including phenoxy) is 4. The molecule has 0 saturated carbocycles. The topological polar surface area (TPSA) is 71.1 Å². The summed E-state index contributed by atoms with van der Waals surface area (Å²) in [6.07, 6.45) is -3.16. The van der Waals surface area contributed by atoms with Crippen molar-refractivity contribution in [1.82, 2.24) is 0 Å². The molecule has 1 aliphatic rings. The van der Waals surface area contributed by atoms with Gasteiger partial charge >= 0.3 is 11.9 Å². The molecule has 1 heterocycles. The van der Waals surface area contributed by atoms with Gasteiger partial charge in [0.2, 0.25) is 11.9 Å². The van der Waals surface area contributed by atoms with Gasteiger partial charge in [0.25, 0.3) is 0 Å². The first kappa shape index (κ1) is 20.7. The van der Waals surface area contributed by atoms with E-state index in [0.29, 0.717) is 5.56 Å². The molecule has 0 bridgehead atoms. The molecular formula is C22H21FO6. The molecule has 0 spiro atoms. The molecule has 0 N–H and O–H groups in total. The van der Waals surface area contributed by atoms with Crippen molar-refractivity contribution in [1.29, 1.82) is 0 Å². The van der Waals surface area contributed by atoms with Gasteiger partial charge < -0.3 is 18.9 Å². The largest absolute Gasteiger partial charge is 0.459 e. The third-order valence-corrected chi connectivity index (χ3v) is 4.62. The number of carbonyl (C=O) groups is 2. The van der Waals surface area contributed by atoms with Crippen molar-refractivity contribution in [2.75, 3.05) is 13.7 Å². The van der Waals surface area contributed by atoms with Crippen molar-refractivity contribution in [2.45, 2.75) is 24.2 Å². The summed E-state index contributed by atoms with van der Waals surface area (Å²) in [5, 5.41) is 0. The molecule has 1 fully saturated rings. The Labute approximate surface area is 167 Å². The zero-order chi connectivity index (χ0) is 20.9. The van der Waals surface area contributed by atoms with E-state index in [0.717, 1.165) is 6.08 Å². The molecule has 0 aromatic heterocycles. The van der Waals surface area contributed by atoms with Crippen molar-refractivity contribution in [2.24, 2.45) is 0 Å². The van der Waals surface area contributed by atoms with E-state index in [4.69, 9.17) is 18.9 Å². The Kier molecular flexibility index (Phi) is 6.41. The number of halogens is 1. The molecule has 4 atom stereocenters. The lowest BCUT2D eigenvalue weighted by Crippen LogP contribution is -2.49. The Morgan fingerprint density at radius 2 is 1.62 bits per heavy atom. The van der Waals surface area contributed by atoms with Crippen LogP contribution < -0.4 is 0 Å². The van der Waals surface area contributed by atoms with Crippen LogP contribution in [0.2, 0.25) is 0 Å². The highest BCUT2D eigenvalue weighted by Crippen LogP contribution is 2.39. The Balaban J connectivity index is 1.73. The Morgan fingerprint density at radius 3 is 2.14 bits per heavy atom. The lowest BCUT2D eigenvalue weighted by molar-refractivity contribution is -0.176. The molecule has 1 saturated heterocycles. The number of esters is 2. The zero-order valence-electron chi connectivity index (χ0n) is 15.8. The number of methoxy groups -OCH3 is 1. The second-order valence-electron chi connectivity index (χ2n) is 6.42. The van der Waals surface area contributed by atoms with Crippen molar-refractivity contribution >= 4 is 11.9 Å². The second-order valence-corrected chi connectivity index (χ2v) is 6.42. The van der Waals surface area contributed by atoms with Crippen LogP contribution >= 0.6 is 0 Å². The van der Waals surface area contributed by atoms with E-state index in [1.54, 1.807) is 60.7 Å². The molecule has 2 aromatic rings. The second kappa shape index (κ2) is 8.98. The third kappa shape index (κ3) is 4.21. The van der Waals surface area contributed by atoms with Crippen molar-refractivity contribution in [3.8, 4) is 0 Å². The standard InChI is InChI=1S/C22H21FO6/c1-3-22(29-20(25)16-12-8-5-9-13-16)18(23)17(28-21(22)26-2)14-27-19(24)15-10-6-4-7-11-15/h3-13,17-18,21H,1,14H2,2H3. The minimum atomic E-state index is -1.88. The van der Waals surface area contributed by atoms with Gasteiger partial charge in [0.15, 0.2) is 6.17 Å². The predicted molar refractivity (Wildman–Crippen MR) is 102 cm³/mol. The minimum Gasteiger partial charge on any atom is -0.459 e. The summed E-state index contributed by atoms with van der Waals surface area (Å²) < 4.78 is 36.7. The van der Waals surface area contributed by atoms with E-state index >= 15 is 4.39 Å². The summed E-state index contributed by atoms with van der Waals surface area (Å²) in [5.41, 5.74) is -1.31. The van der Waals surface area contributed by atoms with Crippen LogP contribution in [0, 0.1) is 0 Å². The maximum atomic E-state index is 15.3. The fraction of sp³-hybridized carbons (Fsp3) is 0.273. The predicted octanol–water partition coefficient (Wildman–Crippen LogP) is 3.33. The van der Waals surface area contributed by atoms with Gasteiger partial charge in [0.1, 0.15) is 12.7 Å². The molecule has 7 heteroatoms. The van der Waals surface area contributed by atoms with Crippen LogP contribution in [0.15, 0.2) is 73.3 Å². The van der Waals surface area contributed by atoms with Crippen molar-refractivity contribution < 1.29 is 32.9 Å². The van der Waals surface area contributed by atoms with Crippen LogP contribution in [0.3, 0.4) is 0 Å². The lowest BCUT2D eigenvalue weighted by atomic mass is 9.96. The number of benzene rings is 2. The van der Waals surface area contributed by atoms with Crippen LogP contribution in [0.5, 0.6) is 0 Å². The molecule has 0 aliphatic carbocycles. The van der Waals surface area contributed by atoms with Gasteiger partial charge in [-0.25, -0.2) is 14.0 Å². The highest BCUT2D eigenvalue weighted by molar-refractivity contribution is 5.90. The van der Waals surface area contributed by atoms with Crippen LogP contribution in [-0.2, 0) is 18.9 Å². The highest BCUT2D eigenvalue weighted by atomic mass is 19.1. The molecule has 29 heavy (non-hydrogen) atoms.